The van der Waals surface area contributed by atoms with Crippen LogP contribution in [0, 0.1) is 5.82 Å². The van der Waals surface area contributed by atoms with Gasteiger partial charge in [0.05, 0.1) is 5.02 Å². The Morgan fingerprint density at radius 1 is 1.26 bits per heavy atom. The van der Waals surface area contributed by atoms with Crippen molar-refractivity contribution >= 4 is 35.2 Å². The summed E-state index contributed by atoms with van der Waals surface area (Å²) in [4.78, 5) is 15.2. The highest BCUT2D eigenvalue weighted by Gasteiger charge is 2.16. The molecule has 7 heteroatoms. The number of carboxylic acid groups (broad SMARTS) is 1. The van der Waals surface area contributed by atoms with Gasteiger partial charge in [-0.15, -0.1) is 0 Å². The molecule has 0 spiro atoms. The van der Waals surface area contributed by atoms with E-state index in [4.69, 9.17) is 28.2 Å². The van der Waals surface area contributed by atoms with Crippen molar-refractivity contribution in [1.82, 2.24) is 0 Å². The first-order chi connectivity index (χ1) is 10.9. The predicted octanol–water partition coefficient (Wildman–Crippen LogP) is 2.89. The molecule has 0 amide bonds. The number of aliphatic imine (C=N–C) groups is 1. The van der Waals surface area contributed by atoms with E-state index in [9.17, 15) is 9.18 Å². The van der Waals surface area contributed by atoms with Crippen molar-refractivity contribution in [1.29, 1.82) is 0 Å². The Hall–Kier alpha value is -2.86. The van der Waals surface area contributed by atoms with E-state index in [1.807, 2.05) is 6.07 Å². The number of halogens is 2. The molecule has 2 aromatic carbocycles. The molecular weight excluding hydrogens is 321 g/mol. The minimum Gasteiger partial charge on any atom is -0.477 e. The maximum absolute atomic E-state index is 13.7. The molecule has 2 aromatic rings. The molecule has 0 radical (unpaired) electrons. The lowest BCUT2D eigenvalue weighted by Gasteiger charge is -2.09. The number of anilines is 1. The molecule has 23 heavy (non-hydrogen) atoms. The Bertz CT molecular complexity index is 804. The van der Waals surface area contributed by atoms with Crippen LogP contribution in [0.15, 0.2) is 53.2 Å². The Kier molecular flexibility index (Phi) is 4.98. The Balaban J connectivity index is 2.57. The maximum atomic E-state index is 13.7. The molecule has 5 N–H and O–H groups in total. The van der Waals surface area contributed by atoms with Gasteiger partial charge in [-0.2, -0.15) is 0 Å². The topological polar surface area (TPSA) is 102 Å². The number of benzene rings is 2. The fourth-order valence-electron chi connectivity index (χ4n) is 1.83. The van der Waals surface area contributed by atoms with Crippen LogP contribution in [0.25, 0.3) is 5.70 Å². The van der Waals surface area contributed by atoms with Gasteiger partial charge < -0.3 is 16.6 Å². The molecule has 0 unspecified atom stereocenters. The predicted molar refractivity (Wildman–Crippen MR) is 88.6 cm³/mol. The average molecular weight is 334 g/mol. The summed E-state index contributed by atoms with van der Waals surface area (Å²) >= 11 is 5.65. The van der Waals surface area contributed by atoms with Crippen molar-refractivity contribution in [3.63, 3.8) is 0 Å². The second-order valence-electron chi connectivity index (χ2n) is 4.59. The number of nitrogen functional groups attached to an aromatic ring is 1. The lowest BCUT2D eigenvalue weighted by molar-refractivity contribution is -0.132. The van der Waals surface area contributed by atoms with E-state index < -0.39 is 17.5 Å². The van der Waals surface area contributed by atoms with Crippen LogP contribution in [-0.2, 0) is 4.79 Å². The highest BCUT2D eigenvalue weighted by atomic mass is 35.5. The smallest absolute Gasteiger partial charge is 0.354 e. The first kappa shape index (κ1) is 16.5. The average Bonchev–Trinajstić information content (AvgIpc) is 2.52. The van der Waals surface area contributed by atoms with Gasteiger partial charge in [-0.3, -0.25) is 4.99 Å². The number of hydrogen-bond acceptors (Lipinski definition) is 4. The van der Waals surface area contributed by atoms with Gasteiger partial charge in [0.15, 0.2) is 0 Å². The van der Waals surface area contributed by atoms with Gasteiger partial charge in [-0.25, -0.2) is 9.18 Å². The van der Waals surface area contributed by atoms with E-state index in [0.717, 1.165) is 11.6 Å². The lowest BCUT2D eigenvalue weighted by atomic mass is 10.1. The Morgan fingerprint density at radius 3 is 2.52 bits per heavy atom. The Morgan fingerprint density at radius 2 is 1.91 bits per heavy atom. The molecule has 0 atom stereocenters. The molecule has 0 fully saturated rings. The highest BCUT2D eigenvalue weighted by Crippen LogP contribution is 2.29. The number of nitrogens with zero attached hydrogens (tertiary/aromatic N) is 1. The number of hydrogen-bond donors (Lipinski definition) is 3. The van der Waals surface area contributed by atoms with Crippen LogP contribution < -0.4 is 11.5 Å². The van der Waals surface area contributed by atoms with Crippen LogP contribution in [0.2, 0.25) is 5.02 Å². The fraction of sp³-hybridized carbons (Fsp3) is 0. The van der Waals surface area contributed by atoms with Crippen molar-refractivity contribution in [3.8, 4) is 0 Å². The van der Waals surface area contributed by atoms with Gasteiger partial charge in [0.2, 0.25) is 0 Å². The number of carbonyl (C=O) groups is 1. The van der Waals surface area contributed by atoms with Gasteiger partial charge in [-0.1, -0.05) is 41.9 Å². The molecule has 0 aliphatic rings. The van der Waals surface area contributed by atoms with Crippen LogP contribution in [0.3, 0.4) is 0 Å². The van der Waals surface area contributed by atoms with E-state index in [-0.39, 0.29) is 22.0 Å². The van der Waals surface area contributed by atoms with E-state index in [1.54, 1.807) is 24.3 Å². The number of nitrogens with two attached hydrogens (primary N) is 2. The summed E-state index contributed by atoms with van der Waals surface area (Å²) in [5.74, 6) is -2.14. The molecule has 0 aliphatic heterocycles. The van der Waals surface area contributed by atoms with Crippen LogP contribution in [0.5, 0.6) is 0 Å². The minimum atomic E-state index is -1.39. The third-order valence-electron chi connectivity index (χ3n) is 2.98. The van der Waals surface area contributed by atoms with E-state index >= 15 is 0 Å². The highest BCUT2D eigenvalue weighted by molar-refractivity contribution is 6.31. The van der Waals surface area contributed by atoms with Gasteiger partial charge in [0.1, 0.15) is 17.2 Å². The van der Waals surface area contributed by atoms with Gasteiger partial charge in [0, 0.05) is 17.5 Å². The zero-order valence-corrected chi connectivity index (χ0v) is 12.6. The number of aliphatic carboxylic acids is 1. The largest absolute Gasteiger partial charge is 0.477 e. The summed E-state index contributed by atoms with van der Waals surface area (Å²) in [5, 5.41) is 8.93. The number of rotatable bonds is 4. The zero-order chi connectivity index (χ0) is 17.0. The van der Waals surface area contributed by atoms with Gasteiger partial charge >= 0.3 is 5.97 Å². The summed E-state index contributed by atoms with van der Waals surface area (Å²) in [6.07, 6.45) is 1.41. The molecule has 0 saturated carbocycles. The minimum absolute atomic E-state index is 0.0546. The molecule has 0 aliphatic carbocycles. The molecule has 0 aromatic heterocycles. The Labute approximate surface area is 136 Å². The van der Waals surface area contributed by atoms with Crippen molar-refractivity contribution in [2.24, 2.45) is 10.7 Å². The van der Waals surface area contributed by atoms with E-state index in [2.05, 4.69) is 4.99 Å². The zero-order valence-electron chi connectivity index (χ0n) is 11.8. The van der Waals surface area contributed by atoms with Crippen molar-refractivity contribution in [2.75, 3.05) is 5.73 Å². The molecule has 118 valence electrons. The molecule has 0 bridgehead atoms. The fourth-order valence-corrected chi connectivity index (χ4v) is 2.00. The quantitative estimate of drug-likeness (QED) is 0.455. The molecular formula is C16H13ClFN3O2. The summed E-state index contributed by atoms with van der Waals surface area (Å²) < 4.78 is 13.7. The maximum Gasteiger partial charge on any atom is 0.354 e. The summed E-state index contributed by atoms with van der Waals surface area (Å²) in [6.45, 7) is 0. The monoisotopic (exact) mass is 333 g/mol. The van der Waals surface area contributed by atoms with Crippen molar-refractivity contribution in [2.45, 2.75) is 0 Å². The first-order valence-electron chi connectivity index (χ1n) is 6.47. The molecule has 5 nitrogen and oxygen atoms in total. The lowest BCUT2D eigenvalue weighted by Crippen LogP contribution is -2.13. The third-order valence-corrected chi connectivity index (χ3v) is 3.27. The van der Waals surface area contributed by atoms with Crippen molar-refractivity contribution in [3.05, 3.63) is 70.1 Å². The number of carboxylic acids is 1. The summed E-state index contributed by atoms with van der Waals surface area (Å²) in [5.41, 5.74) is 11.5. The molecule has 0 heterocycles. The molecule has 0 saturated heterocycles. The van der Waals surface area contributed by atoms with Gasteiger partial charge in [-0.05, 0) is 17.7 Å². The van der Waals surface area contributed by atoms with Crippen LogP contribution in [0.4, 0.5) is 10.1 Å². The van der Waals surface area contributed by atoms with Gasteiger partial charge in [0.25, 0.3) is 0 Å². The SMILES string of the molecule is N/C(C(=O)O)=C(/N=Cc1ccccc1)c1cc(F)c(Cl)cc1N. The van der Waals surface area contributed by atoms with Crippen LogP contribution in [-0.4, -0.2) is 17.3 Å². The second kappa shape index (κ2) is 6.93. The summed E-state index contributed by atoms with van der Waals surface area (Å²) in [7, 11) is 0. The van der Waals surface area contributed by atoms with Crippen LogP contribution in [0.1, 0.15) is 11.1 Å². The van der Waals surface area contributed by atoms with E-state index in [0.29, 0.717) is 0 Å². The van der Waals surface area contributed by atoms with Crippen molar-refractivity contribution < 1.29 is 14.3 Å². The summed E-state index contributed by atoms with van der Waals surface area (Å²) in [6, 6.07) is 11.1. The molecule has 2 rings (SSSR count). The normalized spacial score (nSPS) is 12.3. The van der Waals surface area contributed by atoms with E-state index in [1.165, 1.54) is 12.3 Å². The second-order valence-corrected chi connectivity index (χ2v) is 5.00. The van der Waals surface area contributed by atoms with Crippen LogP contribution >= 0.6 is 11.6 Å². The first-order valence-corrected chi connectivity index (χ1v) is 6.85. The third kappa shape index (κ3) is 3.87. The standard InChI is InChI=1S/C16H13ClFN3O2/c17-11-7-13(19)10(6-12(11)18)15(14(20)16(22)23)21-8-9-4-2-1-3-5-9/h1-8H,19-20H2,(H,22,23)/b15-14+,21-8?.